The predicted octanol–water partition coefficient (Wildman–Crippen LogP) is 3.59. The maximum absolute atomic E-state index is 12.3. The monoisotopic (exact) mass is 334 g/mol. The average molecular weight is 334 g/mol. The molecule has 0 spiro atoms. The number of alkyl halides is 2. The maximum Gasteiger partial charge on any atom is 0.387 e. The summed E-state index contributed by atoms with van der Waals surface area (Å²) in [7, 11) is 0. The highest BCUT2D eigenvalue weighted by Crippen LogP contribution is 2.18. The highest BCUT2D eigenvalue weighted by atomic mass is 19.3. The van der Waals surface area contributed by atoms with Crippen molar-refractivity contribution in [3.8, 4) is 5.75 Å². The van der Waals surface area contributed by atoms with Crippen LogP contribution in [0.3, 0.4) is 0 Å². The number of hydrogen-bond donors (Lipinski definition) is 1. The van der Waals surface area contributed by atoms with Crippen molar-refractivity contribution in [2.45, 2.75) is 13.5 Å². The number of benzene rings is 2. The molecule has 0 bridgehead atoms. The van der Waals surface area contributed by atoms with E-state index in [1.165, 1.54) is 18.3 Å². The SMILES string of the molecule is Cc1cccc(NC(=O)CO/N=C\c2ccccc2OC(F)F)c1. The van der Waals surface area contributed by atoms with E-state index >= 15 is 0 Å². The van der Waals surface area contributed by atoms with Crippen LogP contribution in [0.2, 0.25) is 0 Å². The number of ether oxygens (including phenoxy) is 1. The molecular formula is C17H16F2N2O3. The lowest BCUT2D eigenvalue weighted by molar-refractivity contribution is -0.120. The molecule has 5 nitrogen and oxygen atoms in total. The molecule has 0 saturated heterocycles. The Morgan fingerprint density at radius 2 is 2.04 bits per heavy atom. The van der Waals surface area contributed by atoms with Gasteiger partial charge >= 0.3 is 6.61 Å². The Morgan fingerprint density at radius 1 is 1.25 bits per heavy atom. The molecule has 24 heavy (non-hydrogen) atoms. The fourth-order valence-corrected chi connectivity index (χ4v) is 1.90. The Hall–Kier alpha value is -2.96. The third-order valence-electron chi connectivity index (χ3n) is 2.90. The van der Waals surface area contributed by atoms with Crippen molar-refractivity contribution in [2.24, 2.45) is 5.16 Å². The number of hydrogen-bond acceptors (Lipinski definition) is 4. The van der Waals surface area contributed by atoms with Crippen LogP contribution in [0.4, 0.5) is 14.5 Å². The van der Waals surface area contributed by atoms with Gasteiger partial charge in [-0.15, -0.1) is 0 Å². The molecule has 0 fully saturated rings. The first-order valence-corrected chi connectivity index (χ1v) is 7.10. The van der Waals surface area contributed by atoms with Gasteiger partial charge in [-0.05, 0) is 36.8 Å². The zero-order valence-corrected chi connectivity index (χ0v) is 12.9. The van der Waals surface area contributed by atoms with E-state index in [9.17, 15) is 13.6 Å². The molecule has 1 amide bonds. The molecule has 1 N–H and O–H groups in total. The van der Waals surface area contributed by atoms with Crippen LogP contribution in [0.25, 0.3) is 0 Å². The number of carbonyl (C=O) groups is 1. The second kappa shape index (κ2) is 8.61. The lowest BCUT2D eigenvalue weighted by Gasteiger charge is -2.07. The Morgan fingerprint density at radius 3 is 2.79 bits per heavy atom. The molecular weight excluding hydrogens is 318 g/mol. The predicted molar refractivity (Wildman–Crippen MR) is 86.4 cm³/mol. The maximum atomic E-state index is 12.3. The minimum Gasteiger partial charge on any atom is -0.434 e. The van der Waals surface area contributed by atoms with Gasteiger partial charge in [0.1, 0.15) is 5.75 Å². The average Bonchev–Trinajstić information content (AvgIpc) is 2.52. The van der Waals surface area contributed by atoms with Crippen molar-refractivity contribution in [3.63, 3.8) is 0 Å². The summed E-state index contributed by atoms with van der Waals surface area (Å²) in [5, 5.41) is 6.26. The third-order valence-corrected chi connectivity index (χ3v) is 2.90. The summed E-state index contributed by atoms with van der Waals surface area (Å²) in [4.78, 5) is 16.6. The number of anilines is 1. The van der Waals surface area contributed by atoms with Crippen LogP contribution in [0, 0.1) is 6.92 Å². The van der Waals surface area contributed by atoms with Gasteiger partial charge in [0.2, 0.25) is 0 Å². The van der Waals surface area contributed by atoms with Crippen LogP contribution in [0.15, 0.2) is 53.7 Å². The zero-order valence-electron chi connectivity index (χ0n) is 12.9. The van der Waals surface area contributed by atoms with Gasteiger partial charge in [-0.25, -0.2) is 0 Å². The molecule has 0 radical (unpaired) electrons. The van der Waals surface area contributed by atoms with E-state index in [2.05, 4.69) is 15.2 Å². The van der Waals surface area contributed by atoms with Crippen molar-refractivity contribution in [2.75, 3.05) is 11.9 Å². The third kappa shape index (κ3) is 5.68. The zero-order chi connectivity index (χ0) is 17.4. The Bertz CT molecular complexity index is 720. The summed E-state index contributed by atoms with van der Waals surface area (Å²) >= 11 is 0. The number of oxime groups is 1. The van der Waals surface area contributed by atoms with E-state index in [0.29, 0.717) is 11.3 Å². The van der Waals surface area contributed by atoms with Crippen LogP contribution in [-0.2, 0) is 9.63 Å². The van der Waals surface area contributed by atoms with Crippen molar-refractivity contribution < 1.29 is 23.1 Å². The number of amides is 1. The summed E-state index contributed by atoms with van der Waals surface area (Å²) in [6.07, 6.45) is 1.21. The lowest BCUT2D eigenvalue weighted by Crippen LogP contribution is -2.17. The normalized spacial score (nSPS) is 10.8. The van der Waals surface area contributed by atoms with Gasteiger partial charge in [0, 0.05) is 11.3 Å². The largest absolute Gasteiger partial charge is 0.434 e. The summed E-state index contributed by atoms with van der Waals surface area (Å²) in [6.45, 7) is -1.32. The second-order valence-electron chi connectivity index (χ2n) is 4.84. The highest BCUT2D eigenvalue weighted by molar-refractivity contribution is 5.91. The molecule has 7 heteroatoms. The molecule has 126 valence electrons. The van der Waals surface area contributed by atoms with Crippen molar-refractivity contribution in [3.05, 3.63) is 59.7 Å². The number of nitrogens with zero attached hydrogens (tertiary/aromatic N) is 1. The number of para-hydroxylation sites is 1. The van der Waals surface area contributed by atoms with Gasteiger partial charge in [0.15, 0.2) is 6.61 Å². The molecule has 0 aliphatic rings. The minimum absolute atomic E-state index is 0.0240. The van der Waals surface area contributed by atoms with E-state index in [4.69, 9.17) is 4.84 Å². The van der Waals surface area contributed by atoms with E-state index in [1.807, 2.05) is 25.1 Å². The summed E-state index contributed by atoms with van der Waals surface area (Å²) in [5.41, 5.74) is 1.99. The van der Waals surface area contributed by atoms with E-state index in [1.54, 1.807) is 18.2 Å². The lowest BCUT2D eigenvalue weighted by atomic mass is 10.2. The van der Waals surface area contributed by atoms with E-state index in [0.717, 1.165) is 5.56 Å². The first kappa shape index (κ1) is 17.4. The van der Waals surface area contributed by atoms with Crippen LogP contribution < -0.4 is 10.1 Å². The summed E-state index contributed by atoms with van der Waals surface area (Å²) in [5.74, 6) is -0.404. The number of aryl methyl sites for hydroxylation is 1. The van der Waals surface area contributed by atoms with Gasteiger partial charge < -0.3 is 14.9 Å². The molecule has 0 unspecified atom stereocenters. The topological polar surface area (TPSA) is 59.9 Å². The smallest absolute Gasteiger partial charge is 0.387 e. The molecule has 2 aromatic carbocycles. The molecule has 2 rings (SSSR count). The number of halogens is 2. The van der Waals surface area contributed by atoms with Crippen LogP contribution in [-0.4, -0.2) is 25.3 Å². The summed E-state index contributed by atoms with van der Waals surface area (Å²) in [6, 6.07) is 13.4. The fraction of sp³-hybridized carbons (Fsp3) is 0.176. The summed E-state index contributed by atoms with van der Waals surface area (Å²) < 4.78 is 28.9. The second-order valence-corrected chi connectivity index (χ2v) is 4.84. The number of rotatable bonds is 7. The van der Waals surface area contributed by atoms with Gasteiger partial charge in [0.05, 0.1) is 6.21 Å². The van der Waals surface area contributed by atoms with Crippen LogP contribution >= 0.6 is 0 Å². The number of carbonyl (C=O) groups excluding carboxylic acids is 1. The Balaban J connectivity index is 1.85. The van der Waals surface area contributed by atoms with Gasteiger partial charge in [-0.2, -0.15) is 8.78 Å². The van der Waals surface area contributed by atoms with Crippen molar-refractivity contribution in [1.29, 1.82) is 0 Å². The molecule has 0 atom stereocenters. The molecule has 2 aromatic rings. The van der Waals surface area contributed by atoms with Crippen molar-refractivity contribution >= 4 is 17.8 Å². The van der Waals surface area contributed by atoms with Crippen molar-refractivity contribution in [1.82, 2.24) is 0 Å². The van der Waals surface area contributed by atoms with Crippen LogP contribution in [0.1, 0.15) is 11.1 Å². The number of nitrogens with one attached hydrogen (secondary N) is 1. The van der Waals surface area contributed by atoms with E-state index < -0.39 is 6.61 Å². The minimum atomic E-state index is -2.93. The van der Waals surface area contributed by atoms with Gasteiger partial charge in [-0.3, -0.25) is 4.79 Å². The quantitative estimate of drug-likeness (QED) is 0.622. The van der Waals surface area contributed by atoms with Gasteiger partial charge in [-0.1, -0.05) is 29.4 Å². The Kier molecular flexibility index (Phi) is 6.24. The van der Waals surface area contributed by atoms with Crippen LogP contribution in [0.5, 0.6) is 5.75 Å². The molecule has 0 aliphatic heterocycles. The Labute approximate surface area is 137 Å². The highest BCUT2D eigenvalue weighted by Gasteiger charge is 2.07. The van der Waals surface area contributed by atoms with E-state index in [-0.39, 0.29) is 18.3 Å². The fourth-order valence-electron chi connectivity index (χ4n) is 1.90. The standard InChI is InChI=1S/C17H16F2N2O3/c1-12-5-4-7-14(9-12)21-16(22)11-23-20-10-13-6-2-3-8-15(13)24-17(18)19/h2-10,17H,11H2,1H3,(H,21,22)/b20-10-. The molecule has 0 heterocycles. The molecule has 0 saturated carbocycles. The van der Waals surface area contributed by atoms with Gasteiger partial charge in [0.25, 0.3) is 5.91 Å². The molecule has 0 aromatic heterocycles. The first-order chi connectivity index (χ1) is 11.5. The molecule has 0 aliphatic carbocycles. The first-order valence-electron chi connectivity index (χ1n) is 7.10.